The molecule has 1 aromatic heterocycles. The number of nitrogen functional groups attached to an aromatic ring is 1. The van der Waals surface area contributed by atoms with Gasteiger partial charge in [-0.1, -0.05) is 0 Å². The van der Waals surface area contributed by atoms with E-state index in [0.29, 0.717) is 4.57 Å². The van der Waals surface area contributed by atoms with E-state index in [0.717, 1.165) is 18.4 Å². The van der Waals surface area contributed by atoms with E-state index in [9.17, 15) is 28.1 Å². The number of anilines is 1. The number of H-pyrrole nitrogens is 1. The lowest BCUT2D eigenvalue weighted by Gasteiger charge is -2.06. The first-order valence-electron chi connectivity index (χ1n) is 5.48. The van der Waals surface area contributed by atoms with Crippen LogP contribution < -0.4 is 17.0 Å². The molecule has 0 bridgehead atoms. The zero-order valence-electron chi connectivity index (χ0n) is 10.7. The quantitative estimate of drug-likeness (QED) is 0.425. The molecule has 0 atom stereocenters. The first-order chi connectivity index (χ1) is 9.60. The molecule has 0 unspecified atom stereocenters. The largest absolute Gasteiger partial charge is 0.393 e. The van der Waals surface area contributed by atoms with Crippen LogP contribution in [0.25, 0.3) is 10.9 Å². The van der Waals surface area contributed by atoms with Crippen LogP contribution in [0.5, 0.6) is 0 Å². The smallest absolute Gasteiger partial charge is 0.329 e. The van der Waals surface area contributed by atoms with Crippen LogP contribution in [0.1, 0.15) is 0 Å². The minimum Gasteiger partial charge on any atom is -0.393 e. The third kappa shape index (κ3) is 2.76. The Morgan fingerprint density at radius 3 is 2.52 bits per heavy atom. The number of nitrogens with zero attached hydrogens (tertiary/aromatic N) is 2. The Morgan fingerprint density at radius 2 is 2.00 bits per heavy atom. The van der Waals surface area contributed by atoms with Crippen molar-refractivity contribution < 1.29 is 13.3 Å². The van der Waals surface area contributed by atoms with Crippen molar-refractivity contribution in [3.05, 3.63) is 43.1 Å². The zero-order valence-corrected chi connectivity index (χ0v) is 11.5. The summed E-state index contributed by atoms with van der Waals surface area (Å²) in [6.45, 7) is 0. The molecule has 21 heavy (non-hydrogen) atoms. The number of nitrogens with two attached hydrogens (primary N) is 1. The second-order valence-electron chi connectivity index (χ2n) is 4.43. The molecule has 10 nitrogen and oxygen atoms in total. The van der Waals surface area contributed by atoms with E-state index in [-0.39, 0.29) is 16.6 Å². The molecule has 0 saturated carbocycles. The van der Waals surface area contributed by atoms with Gasteiger partial charge in [-0.25, -0.2) is 17.8 Å². The summed E-state index contributed by atoms with van der Waals surface area (Å²) in [6.07, 6.45) is 0.868. The lowest BCUT2D eigenvalue weighted by molar-refractivity contribution is -0.383. The first kappa shape index (κ1) is 14.7. The molecule has 2 rings (SSSR count). The van der Waals surface area contributed by atoms with E-state index in [2.05, 4.69) is 4.98 Å². The minimum atomic E-state index is -3.62. The van der Waals surface area contributed by atoms with Crippen molar-refractivity contribution in [1.29, 1.82) is 0 Å². The number of fused-ring (bicyclic) bond motifs is 1. The van der Waals surface area contributed by atoms with E-state index >= 15 is 0 Å². The molecule has 0 fully saturated rings. The number of hydrogen-bond acceptors (Lipinski definition) is 7. The number of nitro groups is 1. The molecule has 0 aliphatic carbocycles. The zero-order chi connectivity index (χ0) is 15.9. The van der Waals surface area contributed by atoms with Crippen LogP contribution in [0.3, 0.4) is 0 Å². The number of aromatic amines is 1. The monoisotopic (exact) mass is 314 g/mol. The topological polar surface area (TPSA) is 158 Å². The average Bonchev–Trinajstić information content (AvgIpc) is 2.33. The maximum atomic E-state index is 12.1. The number of benzene rings is 1. The molecular weight excluding hydrogens is 304 g/mol. The van der Waals surface area contributed by atoms with Crippen LogP contribution in [0.4, 0.5) is 11.4 Å². The third-order valence-corrected chi connectivity index (χ3v) is 3.42. The summed E-state index contributed by atoms with van der Waals surface area (Å²) in [5.74, 6) is -0.798. The van der Waals surface area contributed by atoms with Crippen LogP contribution in [-0.2, 0) is 15.7 Å². The van der Waals surface area contributed by atoms with Gasteiger partial charge in [0, 0.05) is 12.3 Å². The second-order valence-corrected chi connectivity index (χ2v) is 6.54. The number of nitro benzene ring substituents is 1. The van der Waals surface area contributed by atoms with Gasteiger partial charge < -0.3 is 10.7 Å². The van der Waals surface area contributed by atoms with Crippen molar-refractivity contribution in [2.45, 2.75) is 5.88 Å². The van der Waals surface area contributed by atoms with Crippen LogP contribution in [0, 0.1) is 10.1 Å². The van der Waals surface area contributed by atoms with Gasteiger partial charge in [0.1, 0.15) is 11.6 Å². The van der Waals surface area contributed by atoms with Gasteiger partial charge >= 0.3 is 5.69 Å². The summed E-state index contributed by atoms with van der Waals surface area (Å²) in [5.41, 5.74) is 2.80. The highest BCUT2D eigenvalue weighted by Gasteiger charge is 2.17. The van der Waals surface area contributed by atoms with Gasteiger partial charge in [0.15, 0.2) is 9.84 Å². The van der Waals surface area contributed by atoms with E-state index in [1.54, 1.807) is 0 Å². The Hall–Kier alpha value is -2.69. The van der Waals surface area contributed by atoms with Gasteiger partial charge in [-0.15, -0.1) is 0 Å². The van der Waals surface area contributed by atoms with Gasteiger partial charge in [-0.2, -0.15) is 0 Å². The third-order valence-electron chi connectivity index (χ3n) is 2.69. The molecule has 11 heteroatoms. The fourth-order valence-corrected chi connectivity index (χ4v) is 2.52. The van der Waals surface area contributed by atoms with E-state index in [1.165, 1.54) is 0 Å². The van der Waals surface area contributed by atoms with Crippen molar-refractivity contribution in [2.75, 3.05) is 12.0 Å². The Balaban J connectivity index is 2.85. The second kappa shape index (κ2) is 4.70. The molecule has 1 aromatic carbocycles. The molecule has 0 radical (unpaired) electrons. The molecule has 0 spiro atoms. The Morgan fingerprint density at radius 1 is 1.38 bits per heavy atom. The van der Waals surface area contributed by atoms with Gasteiger partial charge in [-0.3, -0.25) is 14.9 Å². The summed E-state index contributed by atoms with van der Waals surface area (Å²) < 4.78 is 22.9. The molecule has 2 aromatic rings. The van der Waals surface area contributed by atoms with Crippen molar-refractivity contribution in [2.24, 2.45) is 0 Å². The molecule has 0 saturated heterocycles. The fourth-order valence-electron chi connectivity index (χ4n) is 1.82. The van der Waals surface area contributed by atoms with Crippen molar-refractivity contribution in [3.63, 3.8) is 0 Å². The van der Waals surface area contributed by atoms with Crippen LogP contribution in [0.2, 0.25) is 0 Å². The normalized spacial score (nSPS) is 11.7. The maximum Gasteiger partial charge on any atom is 0.329 e. The number of aromatic nitrogens is 2. The van der Waals surface area contributed by atoms with Gasteiger partial charge in [0.2, 0.25) is 0 Å². The highest BCUT2D eigenvalue weighted by Crippen LogP contribution is 2.24. The predicted molar refractivity (Wildman–Crippen MR) is 74.7 cm³/mol. The minimum absolute atomic E-state index is 0.0874. The van der Waals surface area contributed by atoms with Gasteiger partial charge in [0.05, 0.1) is 15.8 Å². The molecule has 112 valence electrons. The lowest BCUT2D eigenvalue weighted by Crippen LogP contribution is -2.37. The van der Waals surface area contributed by atoms with Crippen molar-refractivity contribution in [1.82, 2.24) is 9.55 Å². The molecule has 0 aliphatic heterocycles. The van der Waals surface area contributed by atoms with Crippen molar-refractivity contribution in [3.8, 4) is 0 Å². The number of nitrogens with one attached hydrogen (secondary N) is 1. The molecule has 0 amide bonds. The Bertz CT molecular complexity index is 971. The summed E-state index contributed by atoms with van der Waals surface area (Å²) in [7, 11) is -3.62. The van der Waals surface area contributed by atoms with Gasteiger partial charge in [0.25, 0.3) is 11.2 Å². The van der Waals surface area contributed by atoms with Crippen molar-refractivity contribution >= 4 is 32.1 Å². The number of rotatable bonds is 3. The van der Waals surface area contributed by atoms with E-state index < -0.39 is 37.6 Å². The molecule has 1 heterocycles. The standard InChI is InChI=1S/C10H10N4O6S/c1-21(19,20)4-13-9(15)5-2-6(11)8(14(17)18)3-7(5)12-10(13)16/h2-3H,4,11H2,1H3,(H,12,16). The summed E-state index contributed by atoms with van der Waals surface area (Å²) in [6, 6.07) is 1.99. The van der Waals surface area contributed by atoms with E-state index in [1.807, 2.05) is 0 Å². The average molecular weight is 314 g/mol. The highest BCUT2D eigenvalue weighted by atomic mass is 32.2. The summed E-state index contributed by atoms with van der Waals surface area (Å²) in [4.78, 5) is 36.1. The number of hydrogen-bond donors (Lipinski definition) is 2. The highest BCUT2D eigenvalue weighted by molar-refractivity contribution is 7.89. The molecule has 0 aliphatic rings. The lowest BCUT2D eigenvalue weighted by atomic mass is 10.2. The van der Waals surface area contributed by atoms with Gasteiger partial charge in [-0.05, 0) is 6.07 Å². The van der Waals surface area contributed by atoms with Crippen LogP contribution in [0.15, 0.2) is 21.7 Å². The molecular formula is C10H10N4O6S. The Labute approximate surface area is 116 Å². The summed E-state index contributed by atoms with van der Waals surface area (Å²) in [5, 5.41) is 10.7. The first-order valence-corrected chi connectivity index (χ1v) is 7.54. The number of sulfone groups is 1. The molecule has 3 N–H and O–H groups in total. The van der Waals surface area contributed by atoms with Crippen LogP contribution >= 0.6 is 0 Å². The summed E-state index contributed by atoms with van der Waals surface area (Å²) >= 11 is 0. The van der Waals surface area contributed by atoms with E-state index in [4.69, 9.17) is 5.73 Å². The van der Waals surface area contributed by atoms with Crippen LogP contribution in [-0.4, -0.2) is 29.1 Å². The Kier molecular flexibility index (Phi) is 3.29. The SMILES string of the molecule is CS(=O)(=O)Cn1c(=O)[nH]c2cc([N+](=O)[O-])c(N)cc2c1=O. The fraction of sp³-hybridized carbons (Fsp3) is 0.200. The maximum absolute atomic E-state index is 12.1. The predicted octanol–water partition coefficient (Wildman–Crippen LogP) is -0.818.